The molecule has 0 spiro atoms. The van der Waals surface area contributed by atoms with Gasteiger partial charge in [0.15, 0.2) is 0 Å². The molecular formula is C17H24N2O4S. The predicted molar refractivity (Wildman–Crippen MR) is 91.4 cm³/mol. The Hall–Kier alpha value is -1.38. The molecule has 7 heteroatoms. The lowest BCUT2D eigenvalue weighted by atomic mass is 10.1. The van der Waals surface area contributed by atoms with Crippen LogP contribution < -0.4 is 0 Å². The van der Waals surface area contributed by atoms with E-state index in [1.165, 1.54) is 4.88 Å². The standard InChI is InChI=1S/C17H24N2O4S/c1-23-16(8-2-6-14-7-4-10-24-14)15-12-18-11-13(19-15)5-3-9-17(20,21)22/h4,7,10-12,16,20-22H,2-3,5-6,8-9H2,1H3. The molecule has 0 aliphatic heterocycles. The van der Waals surface area contributed by atoms with Crippen LogP contribution in [0.4, 0.5) is 0 Å². The molecule has 0 aromatic carbocycles. The Bertz CT molecular complexity index is 599. The number of aryl methyl sites for hydroxylation is 2. The minimum absolute atomic E-state index is 0.106. The van der Waals surface area contributed by atoms with Crippen LogP contribution in [0.15, 0.2) is 29.9 Å². The van der Waals surface area contributed by atoms with Crippen molar-refractivity contribution in [1.82, 2.24) is 9.97 Å². The summed E-state index contributed by atoms with van der Waals surface area (Å²) in [6.07, 6.45) is 6.92. The maximum absolute atomic E-state index is 8.91. The minimum atomic E-state index is -2.62. The molecule has 2 aromatic heterocycles. The summed E-state index contributed by atoms with van der Waals surface area (Å²) in [7, 11) is 1.67. The van der Waals surface area contributed by atoms with Crippen molar-refractivity contribution < 1.29 is 20.1 Å². The molecule has 1 atom stereocenters. The molecule has 0 fully saturated rings. The Kier molecular flexibility index (Phi) is 7.26. The van der Waals surface area contributed by atoms with Crippen LogP contribution in [0, 0.1) is 0 Å². The summed E-state index contributed by atoms with van der Waals surface area (Å²) in [6.45, 7) is 0. The highest BCUT2D eigenvalue weighted by Crippen LogP contribution is 2.22. The van der Waals surface area contributed by atoms with Crippen molar-refractivity contribution in [2.24, 2.45) is 0 Å². The third kappa shape index (κ3) is 6.62. The van der Waals surface area contributed by atoms with Gasteiger partial charge in [0.25, 0.3) is 5.97 Å². The van der Waals surface area contributed by atoms with Crippen LogP contribution in [0.5, 0.6) is 0 Å². The van der Waals surface area contributed by atoms with Crippen molar-refractivity contribution in [1.29, 1.82) is 0 Å². The molecule has 2 rings (SSSR count). The second-order valence-electron chi connectivity index (χ2n) is 5.76. The van der Waals surface area contributed by atoms with Crippen LogP contribution in [0.25, 0.3) is 0 Å². The molecule has 0 aliphatic carbocycles. The Morgan fingerprint density at radius 3 is 2.71 bits per heavy atom. The van der Waals surface area contributed by atoms with Crippen LogP contribution >= 0.6 is 11.3 Å². The van der Waals surface area contributed by atoms with Gasteiger partial charge in [-0.15, -0.1) is 11.3 Å². The maximum atomic E-state index is 8.91. The van der Waals surface area contributed by atoms with Crippen LogP contribution in [-0.4, -0.2) is 38.4 Å². The summed E-state index contributed by atoms with van der Waals surface area (Å²) in [5, 5.41) is 28.8. The molecule has 0 saturated carbocycles. The quantitative estimate of drug-likeness (QED) is 0.567. The summed E-state index contributed by atoms with van der Waals surface area (Å²) in [5.41, 5.74) is 1.53. The van der Waals surface area contributed by atoms with Gasteiger partial charge in [0.1, 0.15) is 6.10 Å². The number of ether oxygens (including phenoxy) is 1. The fourth-order valence-corrected chi connectivity index (χ4v) is 3.26. The largest absolute Gasteiger partial charge is 0.375 e. The lowest BCUT2D eigenvalue weighted by Gasteiger charge is -2.16. The van der Waals surface area contributed by atoms with E-state index in [2.05, 4.69) is 27.5 Å². The first-order valence-electron chi connectivity index (χ1n) is 8.01. The van der Waals surface area contributed by atoms with Gasteiger partial charge in [0, 0.05) is 24.6 Å². The molecule has 24 heavy (non-hydrogen) atoms. The summed E-state index contributed by atoms with van der Waals surface area (Å²) in [4.78, 5) is 10.1. The van der Waals surface area contributed by atoms with Crippen LogP contribution in [-0.2, 0) is 17.6 Å². The van der Waals surface area contributed by atoms with E-state index in [0.29, 0.717) is 12.8 Å². The molecule has 0 saturated heterocycles. The Morgan fingerprint density at radius 2 is 2.04 bits per heavy atom. The first-order valence-corrected chi connectivity index (χ1v) is 8.89. The van der Waals surface area contributed by atoms with Gasteiger partial charge in [0.2, 0.25) is 0 Å². The highest BCUT2D eigenvalue weighted by molar-refractivity contribution is 7.09. The Morgan fingerprint density at radius 1 is 1.21 bits per heavy atom. The van der Waals surface area contributed by atoms with Crippen molar-refractivity contribution in [3.8, 4) is 0 Å². The fourth-order valence-electron chi connectivity index (χ4n) is 2.51. The first kappa shape index (κ1) is 19.0. The summed E-state index contributed by atoms with van der Waals surface area (Å²) in [5.74, 6) is -2.62. The van der Waals surface area contributed by atoms with Crippen molar-refractivity contribution in [3.63, 3.8) is 0 Å². The first-order chi connectivity index (χ1) is 11.5. The zero-order chi connectivity index (χ0) is 17.4. The van der Waals surface area contributed by atoms with Gasteiger partial charge < -0.3 is 20.1 Å². The van der Waals surface area contributed by atoms with Crippen LogP contribution in [0.3, 0.4) is 0 Å². The van der Waals surface area contributed by atoms with Gasteiger partial charge in [-0.3, -0.25) is 9.97 Å². The molecule has 0 bridgehead atoms. The lowest BCUT2D eigenvalue weighted by molar-refractivity contribution is -0.314. The van der Waals surface area contributed by atoms with E-state index in [1.54, 1.807) is 30.8 Å². The van der Waals surface area contributed by atoms with Gasteiger partial charge in [-0.05, 0) is 43.6 Å². The van der Waals surface area contributed by atoms with Crippen molar-refractivity contribution in [3.05, 3.63) is 46.2 Å². The molecule has 0 amide bonds. The van der Waals surface area contributed by atoms with E-state index in [9.17, 15) is 0 Å². The monoisotopic (exact) mass is 352 g/mol. The summed E-state index contributed by atoms with van der Waals surface area (Å²) >= 11 is 1.76. The number of methoxy groups -OCH3 is 1. The molecule has 6 nitrogen and oxygen atoms in total. The molecule has 1 unspecified atom stereocenters. The predicted octanol–water partition coefficient (Wildman–Crippen LogP) is 2.20. The number of thiophene rings is 1. The van der Waals surface area contributed by atoms with E-state index >= 15 is 0 Å². The molecule has 0 radical (unpaired) electrons. The van der Waals surface area contributed by atoms with Crippen molar-refractivity contribution in [2.45, 2.75) is 50.6 Å². The third-order valence-corrected chi connectivity index (χ3v) is 4.67. The number of rotatable bonds is 10. The smallest absolute Gasteiger partial charge is 0.275 e. The second kappa shape index (κ2) is 9.19. The molecular weight excluding hydrogens is 328 g/mol. The normalized spacial score (nSPS) is 13.2. The Labute approximate surface area is 145 Å². The molecule has 132 valence electrons. The van der Waals surface area contributed by atoms with E-state index < -0.39 is 5.97 Å². The SMILES string of the molecule is COC(CCCc1cccs1)c1cncc(CCCC(O)(O)O)n1. The van der Waals surface area contributed by atoms with E-state index in [-0.39, 0.29) is 12.5 Å². The van der Waals surface area contributed by atoms with Crippen molar-refractivity contribution in [2.75, 3.05) is 7.11 Å². The molecule has 2 heterocycles. The average Bonchev–Trinajstić information content (AvgIpc) is 3.04. The highest BCUT2D eigenvalue weighted by atomic mass is 32.1. The third-order valence-electron chi connectivity index (χ3n) is 3.73. The maximum Gasteiger partial charge on any atom is 0.275 e. The topological polar surface area (TPSA) is 95.7 Å². The minimum Gasteiger partial charge on any atom is -0.375 e. The van der Waals surface area contributed by atoms with Gasteiger partial charge in [0.05, 0.1) is 17.6 Å². The zero-order valence-electron chi connectivity index (χ0n) is 13.8. The van der Waals surface area contributed by atoms with Gasteiger partial charge in [-0.1, -0.05) is 6.07 Å². The van der Waals surface area contributed by atoms with E-state index in [1.807, 2.05) is 0 Å². The lowest BCUT2D eigenvalue weighted by Crippen LogP contribution is -2.26. The molecule has 3 N–H and O–H groups in total. The summed E-state index contributed by atoms with van der Waals surface area (Å²) in [6, 6.07) is 4.19. The fraction of sp³-hybridized carbons (Fsp3) is 0.529. The summed E-state index contributed by atoms with van der Waals surface area (Å²) < 4.78 is 5.55. The number of aromatic nitrogens is 2. The van der Waals surface area contributed by atoms with Crippen LogP contribution in [0.1, 0.15) is 48.1 Å². The number of nitrogens with zero attached hydrogens (tertiary/aromatic N) is 2. The molecule has 0 aliphatic rings. The Balaban J connectivity index is 1.87. The highest BCUT2D eigenvalue weighted by Gasteiger charge is 2.18. The molecule has 2 aromatic rings. The van der Waals surface area contributed by atoms with Gasteiger partial charge in [-0.25, -0.2) is 0 Å². The van der Waals surface area contributed by atoms with Gasteiger partial charge >= 0.3 is 0 Å². The van der Waals surface area contributed by atoms with Gasteiger partial charge in [-0.2, -0.15) is 0 Å². The van der Waals surface area contributed by atoms with Crippen molar-refractivity contribution >= 4 is 11.3 Å². The van der Waals surface area contributed by atoms with Crippen LogP contribution in [0.2, 0.25) is 0 Å². The number of hydrogen-bond donors (Lipinski definition) is 3. The number of hydrogen-bond acceptors (Lipinski definition) is 7. The van der Waals surface area contributed by atoms with E-state index in [4.69, 9.17) is 20.1 Å². The zero-order valence-corrected chi connectivity index (χ0v) is 14.6. The number of aliphatic hydroxyl groups is 3. The second-order valence-corrected chi connectivity index (χ2v) is 6.79. The van der Waals surface area contributed by atoms with E-state index in [0.717, 1.165) is 30.7 Å². The average molecular weight is 352 g/mol.